The van der Waals surface area contributed by atoms with Crippen LogP contribution in [0.4, 0.5) is 0 Å². The molecule has 284 valence electrons. The van der Waals surface area contributed by atoms with Crippen LogP contribution in [0.1, 0.15) is 143 Å². The lowest BCUT2D eigenvalue weighted by atomic mass is 9.99. The molecule has 0 aromatic heterocycles. The quantitative estimate of drug-likeness (QED) is 0.0230. The van der Waals surface area contributed by atoms with Crippen molar-refractivity contribution >= 4 is 19.8 Å². The second-order valence-electron chi connectivity index (χ2n) is 12.7. The molecular formula is C38H67O10P. The van der Waals surface area contributed by atoms with Crippen molar-refractivity contribution < 1.29 is 48.2 Å². The molecule has 0 saturated heterocycles. The maximum atomic E-state index is 12.4. The summed E-state index contributed by atoms with van der Waals surface area (Å²) in [6.45, 7) is 5.60. The number of esters is 2. The molecule has 0 bridgehead atoms. The van der Waals surface area contributed by atoms with Gasteiger partial charge in [-0.25, -0.2) is 4.57 Å². The zero-order valence-electron chi connectivity index (χ0n) is 30.5. The van der Waals surface area contributed by atoms with Crippen molar-refractivity contribution in [2.75, 3.05) is 13.2 Å². The van der Waals surface area contributed by atoms with Gasteiger partial charge < -0.3 is 29.5 Å². The standard InChI is InChI=1S/C38H67O10P/c1-4-6-7-8-9-10-11-12-13-17-20-23-27-35(39)36(40)28-25-30-38(42)48-34(32-47-49(43,44)45)31-46-37(41)29-24-21-18-15-14-16-19-22-26-33(3)5-2/h6-7,9-10,12-13,20,23,33-36,39-40H,4-5,8,11,14-19,21-22,24-32H2,1-3H3,(H2,43,44,45)/b7-6-,10-9-,13-12-,23-20-/t33?,34-,35-,36-/m1/s1. The molecule has 0 fully saturated rings. The van der Waals surface area contributed by atoms with Gasteiger partial charge in [-0.05, 0) is 57.3 Å². The highest BCUT2D eigenvalue weighted by Crippen LogP contribution is 2.36. The molecule has 0 aliphatic rings. The maximum Gasteiger partial charge on any atom is 0.469 e. The van der Waals surface area contributed by atoms with Crippen LogP contribution in [0.15, 0.2) is 48.6 Å². The number of unbranched alkanes of at least 4 members (excludes halogenated alkanes) is 7. The fourth-order valence-corrected chi connectivity index (χ4v) is 5.21. The van der Waals surface area contributed by atoms with Crippen molar-refractivity contribution in [3.8, 4) is 0 Å². The molecule has 0 aromatic carbocycles. The molecule has 0 saturated carbocycles. The number of ether oxygens (including phenoxy) is 2. The summed E-state index contributed by atoms with van der Waals surface area (Å²) in [6.07, 6.45) is 28.8. The zero-order valence-corrected chi connectivity index (χ0v) is 31.4. The van der Waals surface area contributed by atoms with Crippen molar-refractivity contribution in [1.29, 1.82) is 0 Å². The van der Waals surface area contributed by atoms with Crippen LogP contribution < -0.4 is 0 Å². The average molecular weight is 715 g/mol. The normalized spacial score (nSPS) is 15.0. The van der Waals surface area contributed by atoms with Crippen molar-refractivity contribution in [2.24, 2.45) is 5.92 Å². The summed E-state index contributed by atoms with van der Waals surface area (Å²) in [5.74, 6) is -0.372. The zero-order chi connectivity index (χ0) is 36.6. The van der Waals surface area contributed by atoms with E-state index in [1.807, 2.05) is 18.2 Å². The second kappa shape index (κ2) is 31.9. The predicted molar refractivity (Wildman–Crippen MR) is 196 cm³/mol. The lowest BCUT2D eigenvalue weighted by Gasteiger charge is -2.19. The third kappa shape index (κ3) is 32.9. The van der Waals surface area contributed by atoms with E-state index in [0.29, 0.717) is 6.42 Å². The van der Waals surface area contributed by atoms with E-state index in [1.54, 1.807) is 0 Å². The molecule has 0 aliphatic carbocycles. The number of phosphoric ester groups is 1. The minimum absolute atomic E-state index is 0.105. The van der Waals surface area contributed by atoms with Gasteiger partial charge in [0.1, 0.15) is 6.61 Å². The fraction of sp³-hybridized carbons (Fsp3) is 0.737. The van der Waals surface area contributed by atoms with Crippen molar-refractivity contribution in [3.05, 3.63) is 48.6 Å². The Morgan fingerprint density at radius 2 is 1.18 bits per heavy atom. The van der Waals surface area contributed by atoms with E-state index < -0.39 is 51.3 Å². The van der Waals surface area contributed by atoms with Gasteiger partial charge in [0.15, 0.2) is 6.10 Å². The fourth-order valence-electron chi connectivity index (χ4n) is 4.85. The van der Waals surface area contributed by atoms with Gasteiger partial charge in [-0.15, -0.1) is 0 Å². The van der Waals surface area contributed by atoms with Crippen LogP contribution in [-0.2, 0) is 28.2 Å². The molecule has 0 rings (SSSR count). The first-order valence-electron chi connectivity index (χ1n) is 18.5. The van der Waals surface area contributed by atoms with Gasteiger partial charge in [0.25, 0.3) is 0 Å². The van der Waals surface area contributed by atoms with Gasteiger partial charge in [-0.1, -0.05) is 127 Å². The van der Waals surface area contributed by atoms with E-state index in [2.05, 4.69) is 55.7 Å². The summed E-state index contributed by atoms with van der Waals surface area (Å²) in [5, 5.41) is 20.5. The summed E-state index contributed by atoms with van der Waals surface area (Å²) in [4.78, 5) is 42.7. The Morgan fingerprint density at radius 1 is 0.653 bits per heavy atom. The summed E-state index contributed by atoms with van der Waals surface area (Å²) < 4.78 is 26.1. The van der Waals surface area contributed by atoms with E-state index >= 15 is 0 Å². The molecule has 0 amide bonds. The molecule has 0 spiro atoms. The third-order valence-electron chi connectivity index (χ3n) is 8.10. The van der Waals surface area contributed by atoms with Crippen LogP contribution in [0.2, 0.25) is 0 Å². The first-order valence-corrected chi connectivity index (χ1v) is 20.0. The molecule has 0 aliphatic heterocycles. The van der Waals surface area contributed by atoms with Gasteiger partial charge in [-0.2, -0.15) is 0 Å². The molecule has 0 aromatic rings. The van der Waals surface area contributed by atoms with Crippen LogP contribution in [0.5, 0.6) is 0 Å². The number of rotatable bonds is 32. The Balaban J connectivity index is 4.28. The monoisotopic (exact) mass is 714 g/mol. The minimum Gasteiger partial charge on any atom is -0.462 e. The Labute approximate surface area is 296 Å². The average Bonchev–Trinajstić information content (AvgIpc) is 3.06. The number of aliphatic hydroxyl groups is 2. The van der Waals surface area contributed by atoms with Crippen LogP contribution in [0, 0.1) is 5.92 Å². The highest BCUT2D eigenvalue weighted by molar-refractivity contribution is 7.46. The predicted octanol–water partition coefficient (Wildman–Crippen LogP) is 8.59. The van der Waals surface area contributed by atoms with E-state index in [4.69, 9.17) is 19.3 Å². The Kier molecular flexibility index (Phi) is 30.5. The van der Waals surface area contributed by atoms with Gasteiger partial charge >= 0.3 is 19.8 Å². The lowest BCUT2D eigenvalue weighted by molar-refractivity contribution is -0.161. The highest BCUT2D eigenvalue weighted by Gasteiger charge is 2.23. The number of allylic oxidation sites excluding steroid dienone is 7. The van der Waals surface area contributed by atoms with Crippen LogP contribution >= 0.6 is 7.82 Å². The van der Waals surface area contributed by atoms with Gasteiger partial charge in [0.05, 0.1) is 18.8 Å². The molecule has 11 heteroatoms. The van der Waals surface area contributed by atoms with Crippen molar-refractivity contribution in [3.63, 3.8) is 0 Å². The first-order chi connectivity index (χ1) is 23.5. The second-order valence-corrected chi connectivity index (χ2v) is 14.0. The number of carbonyl (C=O) groups excluding carboxylic acids is 2. The molecule has 0 heterocycles. The van der Waals surface area contributed by atoms with Crippen LogP contribution in [-0.4, -0.2) is 63.5 Å². The van der Waals surface area contributed by atoms with Crippen molar-refractivity contribution in [1.82, 2.24) is 0 Å². The number of hydrogen-bond donors (Lipinski definition) is 4. The van der Waals surface area contributed by atoms with Gasteiger partial charge in [0.2, 0.25) is 0 Å². The Morgan fingerprint density at radius 3 is 1.76 bits per heavy atom. The smallest absolute Gasteiger partial charge is 0.462 e. The summed E-state index contributed by atoms with van der Waals surface area (Å²) in [7, 11) is -4.83. The SMILES string of the molecule is CC/C=C\C/C=C\C/C=C\C/C=C\C[C@@H](O)[C@H](O)CCCC(=O)O[C@H](COC(=O)CCCCCCCCCCC(C)CC)COP(=O)(O)O. The largest absolute Gasteiger partial charge is 0.469 e. The van der Waals surface area contributed by atoms with E-state index in [1.165, 1.54) is 38.5 Å². The van der Waals surface area contributed by atoms with E-state index in [0.717, 1.165) is 50.9 Å². The number of phosphoric acid groups is 1. The summed E-state index contributed by atoms with van der Waals surface area (Å²) in [5.41, 5.74) is 0. The van der Waals surface area contributed by atoms with Crippen LogP contribution in [0.25, 0.3) is 0 Å². The lowest BCUT2D eigenvalue weighted by Crippen LogP contribution is -2.30. The number of carbonyl (C=O) groups is 2. The van der Waals surface area contributed by atoms with Crippen molar-refractivity contribution in [2.45, 2.75) is 161 Å². The third-order valence-corrected chi connectivity index (χ3v) is 8.59. The van der Waals surface area contributed by atoms with Gasteiger partial charge in [0, 0.05) is 12.8 Å². The van der Waals surface area contributed by atoms with E-state index in [9.17, 15) is 24.4 Å². The number of hydrogen-bond acceptors (Lipinski definition) is 8. The van der Waals surface area contributed by atoms with E-state index in [-0.39, 0.29) is 32.1 Å². The molecule has 0 radical (unpaired) electrons. The summed E-state index contributed by atoms with van der Waals surface area (Å²) >= 11 is 0. The van der Waals surface area contributed by atoms with Crippen LogP contribution in [0.3, 0.4) is 0 Å². The molecule has 4 N–H and O–H groups in total. The molecule has 49 heavy (non-hydrogen) atoms. The Hall–Kier alpha value is -2.07. The molecule has 4 atom stereocenters. The molecular weight excluding hydrogens is 647 g/mol. The minimum atomic E-state index is -4.83. The molecule has 1 unspecified atom stereocenters. The highest BCUT2D eigenvalue weighted by atomic mass is 31.2. The summed E-state index contributed by atoms with van der Waals surface area (Å²) in [6, 6.07) is 0. The number of aliphatic hydroxyl groups excluding tert-OH is 2. The van der Waals surface area contributed by atoms with Gasteiger partial charge in [-0.3, -0.25) is 14.1 Å². The Bertz CT molecular complexity index is 987. The topological polar surface area (TPSA) is 160 Å². The maximum absolute atomic E-state index is 12.4. The molecule has 10 nitrogen and oxygen atoms in total. The first kappa shape index (κ1) is 46.9.